The fourth-order valence-electron chi connectivity index (χ4n) is 1.22. The molecule has 1 aromatic carbocycles. The number of hydrogen-bond donors (Lipinski definition) is 0. The minimum atomic E-state index is 0.0341. The van der Waals surface area contributed by atoms with Gasteiger partial charge in [0.15, 0.2) is 5.75 Å². The van der Waals surface area contributed by atoms with E-state index in [0.29, 0.717) is 21.7 Å². The van der Waals surface area contributed by atoms with Crippen LogP contribution in [0.3, 0.4) is 0 Å². The van der Waals surface area contributed by atoms with Crippen LogP contribution < -0.4 is 9.64 Å². The van der Waals surface area contributed by atoms with E-state index in [1.165, 1.54) is 0 Å². The molecule has 8 heteroatoms. The lowest BCUT2D eigenvalue weighted by Crippen LogP contribution is -2.13. The summed E-state index contributed by atoms with van der Waals surface area (Å²) in [7, 11) is 3.56. The van der Waals surface area contributed by atoms with Gasteiger partial charge < -0.3 is 9.64 Å². The summed E-state index contributed by atoms with van der Waals surface area (Å²) in [4.78, 5) is 13.6. The normalized spacial score (nSPS) is 10.4. The lowest BCUT2D eigenvalue weighted by atomic mass is 10.3. The van der Waals surface area contributed by atoms with Gasteiger partial charge in [0.1, 0.15) is 0 Å². The molecule has 0 aliphatic carbocycles. The second-order valence-corrected chi connectivity index (χ2v) is 4.94. The number of ether oxygens (including phenoxy) is 1. The third-order valence-corrected chi connectivity index (χ3v) is 2.79. The van der Waals surface area contributed by atoms with Gasteiger partial charge in [-0.25, -0.2) is 0 Å². The third-order valence-electron chi connectivity index (χ3n) is 2.07. The Morgan fingerprint density at radius 3 is 2.47 bits per heavy atom. The summed E-state index contributed by atoms with van der Waals surface area (Å²) in [6.07, 6.45) is 0. The topological polar surface area (TPSA) is 51.1 Å². The van der Waals surface area contributed by atoms with E-state index in [0.717, 1.165) is 0 Å². The van der Waals surface area contributed by atoms with E-state index in [-0.39, 0.29) is 11.3 Å². The molecule has 0 N–H and O–H groups in total. The fourth-order valence-corrected chi connectivity index (χ4v) is 1.69. The molecule has 0 aliphatic heterocycles. The van der Waals surface area contributed by atoms with Crippen molar-refractivity contribution in [2.45, 2.75) is 0 Å². The van der Waals surface area contributed by atoms with Crippen LogP contribution in [0.25, 0.3) is 0 Å². The van der Waals surface area contributed by atoms with Gasteiger partial charge in [-0.05, 0) is 23.7 Å². The molecule has 0 radical (unpaired) electrons. The maximum Gasteiger partial charge on any atom is 0.328 e. The number of benzene rings is 1. The van der Waals surface area contributed by atoms with Gasteiger partial charge in [0, 0.05) is 25.2 Å². The van der Waals surface area contributed by atoms with Crippen LogP contribution in [0.2, 0.25) is 15.3 Å². The Kier molecular flexibility index (Phi) is 4.29. The van der Waals surface area contributed by atoms with Gasteiger partial charge in [0.2, 0.25) is 11.2 Å². The monoisotopic (exact) mass is 318 g/mol. The third kappa shape index (κ3) is 3.59. The van der Waals surface area contributed by atoms with Gasteiger partial charge >= 0.3 is 6.01 Å². The number of rotatable bonds is 3. The van der Waals surface area contributed by atoms with Crippen molar-refractivity contribution in [3.63, 3.8) is 0 Å². The van der Waals surface area contributed by atoms with Crippen LogP contribution >= 0.6 is 34.8 Å². The number of hydrogen-bond acceptors (Lipinski definition) is 5. The number of aromatic nitrogens is 3. The van der Waals surface area contributed by atoms with Crippen molar-refractivity contribution in [3.8, 4) is 11.8 Å². The van der Waals surface area contributed by atoms with E-state index in [9.17, 15) is 0 Å². The van der Waals surface area contributed by atoms with Crippen molar-refractivity contribution < 1.29 is 4.74 Å². The van der Waals surface area contributed by atoms with Gasteiger partial charge in [0.25, 0.3) is 0 Å². The zero-order chi connectivity index (χ0) is 14.0. The first-order valence-electron chi connectivity index (χ1n) is 5.17. The van der Waals surface area contributed by atoms with Gasteiger partial charge in [-0.15, -0.1) is 0 Å². The average Bonchev–Trinajstić information content (AvgIpc) is 2.33. The summed E-state index contributed by atoms with van der Waals surface area (Å²) in [6, 6.07) is 4.89. The van der Waals surface area contributed by atoms with Crippen LogP contribution in [0.4, 0.5) is 5.95 Å². The first kappa shape index (κ1) is 14.1. The lowest BCUT2D eigenvalue weighted by Gasteiger charge is -2.11. The summed E-state index contributed by atoms with van der Waals surface area (Å²) < 4.78 is 5.47. The van der Waals surface area contributed by atoms with Crippen molar-refractivity contribution in [2.75, 3.05) is 19.0 Å². The summed E-state index contributed by atoms with van der Waals surface area (Å²) >= 11 is 17.7. The van der Waals surface area contributed by atoms with Crippen molar-refractivity contribution in [3.05, 3.63) is 33.5 Å². The zero-order valence-corrected chi connectivity index (χ0v) is 12.3. The molecular formula is C11H9Cl3N4O. The van der Waals surface area contributed by atoms with E-state index in [1.807, 2.05) is 0 Å². The van der Waals surface area contributed by atoms with Crippen molar-refractivity contribution in [1.29, 1.82) is 0 Å². The number of anilines is 1. The number of nitrogens with zero attached hydrogens (tertiary/aromatic N) is 4. The molecule has 100 valence electrons. The largest absolute Gasteiger partial charge is 0.422 e. The SMILES string of the molecule is CN(C)c1nc(Cl)nc(Oc2cc(Cl)ccc2Cl)n1. The maximum atomic E-state index is 5.99. The number of halogens is 3. The van der Waals surface area contributed by atoms with E-state index in [4.69, 9.17) is 39.5 Å². The summed E-state index contributed by atoms with van der Waals surface area (Å²) in [6.45, 7) is 0. The Hall–Kier alpha value is -1.30. The average molecular weight is 320 g/mol. The Morgan fingerprint density at radius 2 is 1.79 bits per heavy atom. The van der Waals surface area contributed by atoms with Crippen LogP contribution in [0.15, 0.2) is 18.2 Å². The summed E-state index contributed by atoms with van der Waals surface area (Å²) in [5, 5.41) is 0.923. The Morgan fingerprint density at radius 1 is 1.05 bits per heavy atom. The Bertz CT molecular complexity index is 606. The molecule has 1 heterocycles. The molecule has 0 aliphatic rings. The minimum Gasteiger partial charge on any atom is -0.422 e. The second-order valence-electron chi connectivity index (χ2n) is 3.76. The molecule has 19 heavy (non-hydrogen) atoms. The maximum absolute atomic E-state index is 5.99. The summed E-state index contributed by atoms with van der Waals surface area (Å²) in [5.41, 5.74) is 0. The van der Waals surface area contributed by atoms with Crippen LogP contribution in [-0.2, 0) is 0 Å². The van der Waals surface area contributed by atoms with E-state index in [2.05, 4.69) is 15.0 Å². The molecule has 0 fully saturated rings. The van der Waals surface area contributed by atoms with Crippen molar-refractivity contribution in [2.24, 2.45) is 0 Å². The molecule has 2 aromatic rings. The van der Waals surface area contributed by atoms with Crippen molar-refractivity contribution >= 4 is 40.8 Å². The highest BCUT2D eigenvalue weighted by molar-refractivity contribution is 6.34. The molecule has 0 atom stereocenters. The van der Waals surface area contributed by atoms with Gasteiger partial charge in [0.05, 0.1) is 5.02 Å². The van der Waals surface area contributed by atoms with Crippen LogP contribution in [0.1, 0.15) is 0 Å². The Labute approximate surface area is 125 Å². The van der Waals surface area contributed by atoms with Gasteiger partial charge in [-0.3, -0.25) is 0 Å². The smallest absolute Gasteiger partial charge is 0.328 e. The van der Waals surface area contributed by atoms with E-state index >= 15 is 0 Å². The van der Waals surface area contributed by atoms with Gasteiger partial charge in [-0.1, -0.05) is 23.2 Å². The molecule has 0 amide bonds. The highest BCUT2D eigenvalue weighted by Gasteiger charge is 2.11. The molecule has 0 saturated carbocycles. The highest BCUT2D eigenvalue weighted by Crippen LogP contribution is 2.31. The minimum absolute atomic E-state index is 0.0341. The molecule has 1 aromatic heterocycles. The fraction of sp³-hybridized carbons (Fsp3) is 0.182. The molecule has 0 bridgehead atoms. The van der Waals surface area contributed by atoms with E-state index < -0.39 is 0 Å². The molecule has 0 saturated heterocycles. The molecule has 5 nitrogen and oxygen atoms in total. The summed E-state index contributed by atoms with van der Waals surface area (Å²) in [5.74, 6) is 0.731. The van der Waals surface area contributed by atoms with Crippen LogP contribution in [0, 0.1) is 0 Å². The quantitative estimate of drug-likeness (QED) is 0.863. The first-order chi connectivity index (χ1) is 8.95. The molecular weight excluding hydrogens is 311 g/mol. The van der Waals surface area contributed by atoms with Crippen LogP contribution in [0.5, 0.6) is 11.8 Å². The highest BCUT2D eigenvalue weighted by atomic mass is 35.5. The Balaban J connectivity index is 2.35. The molecule has 0 spiro atoms. The first-order valence-corrected chi connectivity index (χ1v) is 6.31. The second kappa shape index (κ2) is 5.77. The molecule has 0 unspecified atom stereocenters. The van der Waals surface area contributed by atoms with E-state index in [1.54, 1.807) is 37.2 Å². The predicted molar refractivity (Wildman–Crippen MR) is 75.7 cm³/mol. The van der Waals surface area contributed by atoms with Crippen molar-refractivity contribution in [1.82, 2.24) is 15.0 Å². The zero-order valence-electron chi connectivity index (χ0n) is 10.1. The lowest BCUT2D eigenvalue weighted by molar-refractivity contribution is 0.440. The van der Waals surface area contributed by atoms with Gasteiger partial charge in [-0.2, -0.15) is 15.0 Å². The standard InChI is InChI=1S/C11H9Cl3N4O/c1-18(2)10-15-9(14)16-11(17-10)19-8-5-6(12)3-4-7(8)13/h3-5H,1-2H3. The predicted octanol–water partition coefficient (Wildman–Crippen LogP) is 3.69. The van der Waals surface area contributed by atoms with Crippen LogP contribution in [-0.4, -0.2) is 29.0 Å². The molecule has 2 rings (SSSR count).